The van der Waals surface area contributed by atoms with Crippen LogP contribution in [0.4, 0.5) is 0 Å². The second-order valence-electron chi connectivity index (χ2n) is 3.67. The molecule has 2 aromatic heterocycles. The maximum Gasteiger partial charge on any atom is 0.332 e. The van der Waals surface area contributed by atoms with Gasteiger partial charge in [-0.05, 0) is 6.42 Å². The Morgan fingerprint density at radius 3 is 2.62 bits per heavy atom. The zero-order valence-electron chi connectivity index (χ0n) is 9.30. The molecular formula is C10H13N4O2. The molecule has 0 fully saturated rings. The molecule has 0 spiro atoms. The van der Waals surface area contributed by atoms with Gasteiger partial charge in [0.25, 0.3) is 5.56 Å². The second kappa shape index (κ2) is 3.62. The molecule has 0 aliphatic carbocycles. The Morgan fingerprint density at radius 1 is 1.31 bits per heavy atom. The molecule has 0 aromatic carbocycles. The fourth-order valence-corrected chi connectivity index (χ4v) is 1.74. The van der Waals surface area contributed by atoms with Gasteiger partial charge in [0.15, 0.2) is 11.2 Å². The van der Waals surface area contributed by atoms with Gasteiger partial charge in [0.2, 0.25) is 0 Å². The highest BCUT2D eigenvalue weighted by Crippen LogP contribution is 2.05. The van der Waals surface area contributed by atoms with E-state index in [-0.39, 0.29) is 11.2 Å². The van der Waals surface area contributed by atoms with Crippen molar-refractivity contribution in [3.63, 3.8) is 0 Å². The largest absolute Gasteiger partial charge is 0.332 e. The molecule has 2 rings (SSSR count). The Kier molecular flexibility index (Phi) is 2.41. The molecule has 0 N–H and O–H groups in total. The van der Waals surface area contributed by atoms with Crippen LogP contribution in [0.25, 0.3) is 11.2 Å². The number of nitrogens with zero attached hydrogens (tertiary/aromatic N) is 4. The van der Waals surface area contributed by atoms with Crippen molar-refractivity contribution in [2.75, 3.05) is 0 Å². The molecule has 0 aliphatic heterocycles. The minimum atomic E-state index is -0.364. The van der Waals surface area contributed by atoms with Crippen molar-refractivity contribution in [2.45, 2.75) is 13.0 Å². The molecule has 1 radical (unpaired) electrons. The lowest BCUT2D eigenvalue weighted by Crippen LogP contribution is -2.37. The van der Waals surface area contributed by atoms with E-state index in [1.165, 1.54) is 11.6 Å². The quantitative estimate of drug-likeness (QED) is 0.697. The summed E-state index contributed by atoms with van der Waals surface area (Å²) >= 11 is 0. The Labute approximate surface area is 91.8 Å². The van der Waals surface area contributed by atoms with Crippen LogP contribution < -0.4 is 11.2 Å². The smallest absolute Gasteiger partial charge is 0.325 e. The summed E-state index contributed by atoms with van der Waals surface area (Å²) in [6, 6.07) is 0. The SMILES string of the molecule is [CH2]CCn1cnc2c1c(=O)n(C)c(=O)n2C. The fourth-order valence-electron chi connectivity index (χ4n) is 1.74. The van der Waals surface area contributed by atoms with Gasteiger partial charge in [0.05, 0.1) is 6.33 Å². The molecule has 0 saturated carbocycles. The van der Waals surface area contributed by atoms with E-state index < -0.39 is 0 Å². The summed E-state index contributed by atoms with van der Waals surface area (Å²) in [5.74, 6) is 0. The standard InChI is InChI=1S/C10H13N4O2/c1-4-5-14-6-11-8-7(14)9(15)13(3)10(16)12(8)2/h6H,1,4-5H2,2-3H3. The van der Waals surface area contributed by atoms with Crippen molar-refractivity contribution in [3.8, 4) is 0 Å². The third-order valence-corrected chi connectivity index (χ3v) is 2.62. The molecular weight excluding hydrogens is 208 g/mol. The van der Waals surface area contributed by atoms with Crippen LogP contribution in [0.3, 0.4) is 0 Å². The van der Waals surface area contributed by atoms with Crippen molar-refractivity contribution >= 4 is 11.2 Å². The minimum absolute atomic E-state index is 0.316. The van der Waals surface area contributed by atoms with E-state index in [1.54, 1.807) is 17.9 Å². The number of aromatic nitrogens is 4. The normalized spacial score (nSPS) is 11.2. The summed E-state index contributed by atoms with van der Waals surface area (Å²) in [7, 11) is 3.07. The van der Waals surface area contributed by atoms with Crippen LogP contribution in [0.15, 0.2) is 15.9 Å². The lowest BCUT2D eigenvalue weighted by Gasteiger charge is -2.05. The molecule has 16 heavy (non-hydrogen) atoms. The maximum absolute atomic E-state index is 11.9. The van der Waals surface area contributed by atoms with Crippen LogP contribution in [-0.2, 0) is 20.6 Å². The molecule has 0 saturated heterocycles. The number of rotatable bonds is 2. The summed E-state index contributed by atoms with van der Waals surface area (Å²) in [5, 5.41) is 0. The summed E-state index contributed by atoms with van der Waals surface area (Å²) < 4.78 is 4.18. The van der Waals surface area contributed by atoms with Gasteiger partial charge in [-0.25, -0.2) is 9.78 Å². The van der Waals surface area contributed by atoms with Gasteiger partial charge in [0.1, 0.15) is 0 Å². The van der Waals surface area contributed by atoms with E-state index >= 15 is 0 Å². The molecule has 0 bridgehead atoms. The van der Waals surface area contributed by atoms with Crippen molar-refractivity contribution in [1.29, 1.82) is 0 Å². The van der Waals surface area contributed by atoms with Gasteiger partial charge in [-0.1, -0.05) is 6.92 Å². The van der Waals surface area contributed by atoms with Crippen LogP contribution in [0, 0.1) is 6.92 Å². The molecule has 2 aromatic rings. The summed E-state index contributed by atoms with van der Waals surface area (Å²) in [5.41, 5.74) is 0.191. The van der Waals surface area contributed by atoms with Gasteiger partial charge < -0.3 is 4.57 Å². The van der Waals surface area contributed by atoms with Crippen LogP contribution in [0.1, 0.15) is 6.42 Å². The summed E-state index contributed by atoms with van der Waals surface area (Å²) in [4.78, 5) is 27.6. The van der Waals surface area contributed by atoms with Gasteiger partial charge in [-0.3, -0.25) is 13.9 Å². The number of fused-ring (bicyclic) bond motifs is 1. The molecule has 85 valence electrons. The van der Waals surface area contributed by atoms with Crippen LogP contribution in [0.5, 0.6) is 0 Å². The van der Waals surface area contributed by atoms with Gasteiger partial charge in [0, 0.05) is 20.6 Å². The summed E-state index contributed by atoms with van der Waals surface area (Å²) in [6.07, 6.45) is 2.23. The fraction of sp³-hybridized carbons (Fsp3) is 0.400. The van der Waals surface area contributed by atoms with Crippen LogP contribution in [0.2, 0.25) is 0 Å². The maximum atomic E-state index is 11.9. The third kappa shape index (κ3) is 1.30. The highest BCUT2D eigenvalue weighted by Gasteiger charge is 2.13. The van der Waals surface area contributed by atoms with E-state index in [1.807, 2.05) is 0 Å². The van der Waals surface area contributed by atoms with E-state index in [4.69, 9.17) is 0 Å². The first-order valence-electron chi connectivity index (χ1n) is 4.98. The first kappa shape index (κ1) is 10.7. The Hall–Kier alpha value is -1.85. The molecule has 6 nitrogen and oxygen atoms in total. The van der Waals surface area contributed by atoms with Crippen molar-refractivity contribution in [3.05, 3.63) is 34.1 Å². The zero-order chi connectivity index (χ0) is 11.9. The molecule has 0 amide bonds. The second-order valence-corrected chi connectivity index (χ2v) is 3.67. The van der Waals surface area contributed by atoms with E-state index in [2.05, 4.69) is 11.9 Å². The molecule has 2 heterocycles. The van der Waals surface area contributed by atoms with Gasteiger partial charge >= 0.3 is 5.69 Å². The Morgan fingerprint density at radius 2 is 2.00 bits per heavy atom. The van der Waals surface area contributed by atoms with Crippen molar-refractivity contribution in [2.24, 2.45) is 14.1 Å². The number of hydrogen-bond acceptors (Lipinski definition) is 3. The molecule has 6 heteroatoms. The third-order valence-electron chi connectivity index (χ3n) is 2.62. The predicted molar refractivity (Wildman–Crippen MR) is 60.2 cm³/mol. The van der Waals surface area contributed by atoms with E-state index in [0.29, 0.717) is 24.1 Å². The van der Waals surface area contributed by atoms with Crippen molar-refractivity contribution in [1.82, 2.24) is 18.7 Å². The highest BCUT2D eigenvalue weighted by atomic mass is 16.2. The zero-order valence-corrected chi connectivity index (χ0v) is 9.30. The average Bonchev–Trinajstić information content (AvgIpc) is 2.68. The van der Waals surface area contributed by atoms with Gasteiger partial charge in [-0.2, -0.15) is 0 Å². The Balaban J connectivity index is 2.95. The van der Waals surface area contributed by atoms with E-state index in [0.717, 1.165) is 4.57 Å². The van der Waals surface area contributed by atoms with Crippen LogP contribution >= 0.6 is 0 Å². The topological polar surface area (TPSA) is 61.8 Å². The lowest BCUT2D eigenvalue weighted by molar-refractivity contribution is 0.690. The first-order valence-corrected chi connectivity index (χ1v) is 4.98. The minimum Gasteiger partial charge on any atom is -0.325 e. The Bertz CT molecular complexity index is 647. The number of imidazole rings is 1. The predicted octanol–water partition coefficient (Wildman–Crippen LogP) is -0.342. The monoisotopic (exact) mass is 221 g/mol. The average molecular weight is 221 g/mol. The highest BCUT2D eigenvalue weighted by molar-refractivity contribution is 5.69. The van der Waals surface area contributed by atoms with Gasteiger partial charge in [-0.15, -0.1) is 0 Å². The molecule has 0 aliphatic rings. The molecule has 0 atom stereocenters. The number of hydrogen-bond donors (Lipinski definition) is 0. The van der Waals surface area contributed by atoms with Crippen LogP contribution in [-0.4, -0.2) is 18.7 Å². The lowest BCUT2D eigenvalue weighted by atomic mass is 10.4. The summed E-state index contributed by atoms with van der Waals surface area (Å²) in [6.45, 7) is 4.35. The first-order chi connectivity index (χ1) is 7.57. The number of aryl methyl sites for hydroxylation is 2. The molecule has 0 unspecified atom stereocenters. The van der Waals surface area contributed by atoms with E-state index in [9.17, 15) is 9.59 Å². The van der Waals surface area contributed by atoms with Crippen molar-refractivity contribution < 1.29 is 0 Å².